The number of carbonyl (C=O) groups is 1. The van der Waals surface area contributed by atoms with E-state index in [0.29, 0.717) is 5.56 Å². The average Bonchev–Trinajstić information content (AvgIpc) is 2.97. The summed E-state index contributed by atoms with van der Waals surface area (Å²) in [4.78, 5) is 21.7. The third-order valence-corrected chi connectivity index (χ3v) is 3.80. The fourth-order valence-electron chi connectivity index (χ4n) is 2.54. The molecular weight excluding hydrogens is 282 g/mol. The van der Waals surface area contributed by atoms with Gasteiger partial charge in [-0.3, -0.25) is 9.69 Å². The first-order valence-corrected chi connectivity index (χ1v) is 7.52. The molecule has 0 aliphatic carbocycles. The Hall–Kier alpha value is -2.12. The van der Waals surface area contributed by atoms with Crippen LogP contribution in [0.1, 0.15) is 10.4 Å². The number of nitrogens with zero attached hydrogens (tertiary/aromatic N) is 2. The van der Waals surface area contributed by atoms with Crippen molar-refractivity contribution in [3.05, 3.63) is 23.8 Å². The number of H-pyrrole nitrogens is 1. The molecule has 22 heavy (non-hydrogen) atoms. The van der Waals surface area contributed by atoms with Gasteiger partial charge in [0.15, 0.2) is 0 Å². The number of fused-ring (bicyclic) bond motifs is 1. The van der Waals surface area contributed by atoms with Gasteiger partial charge in [-0.25, -0.2) is 4.98 Å². The first-order chi connectivity index (χ1) is 10.8. The molecule has 0 saturated carbocycles. The van der Waals surface area contributed by atoms with Crippen molar-refractivity contribution in [1.29, 1.82) is 0 Å². The summed E-state index contributed by atoms with van der Waals surface area (Å²) in [6.07, 6.45) is 0. The van der Waals surface area contributed by atoms with Crippen LogP contribution in [-0.2, 0) is 4.74 Å². The first kappa shape index (κ1) is 14.8. The molecule has 1 amide bonds. The van der Waals surface area contributed by atoms with Crippen LogP contribution in [0.4, 0.5) is 5.95 Å². The van der Waals surface area contributed by atoms with Gasteiger partial charge in [0.2, 0.25) is 5.95 Å². The highest BCUT2D eigenvalue weighted by atomic mass is 16.5. The molecule has 0 unspecified atom stereocenters. The number of amides is 1. The minimum atomic E-state index is -0.0988. The highest BCUT2D eigenvalue weighted by molar-refractivity contribution is 5.97. The largest absolute Gasteiger partial charge is 0.379 e. The lowest BCUT2D eigenvalue weighted by Crippen LogP contribution is -2.39. The minimum absolute atomic E-state index is 0.0988. The van der Waals surface area contributed by atoms with Gasteiger partial charge in [0, 0.05) is 38.8 Å². The highest BCUT2D eigenvalue weighted by Gasteiger charge is 2.10. The Morgan fingerprint density at radius 2 is 2.23 bits per heavy atom. The van der Waals surface area contributed by atoms with E-state index >= 15 is 0 Å². The lowest BCUT2D eigenvalue weighted by atomic mass is 10.2. The quantitative estimate of drug-likeness (QED) is 0.756. The zero-order chi connectivity index (χ0) is 15.4. The summed E-state index contributed by atoms with van der Waals surface area (Å²) in [5.74, 6) is 0.635. The van der Waals surface area contributed by atoms with Crippen LogP contribution in [0.15, 0.2) is 18.2 Å². The Labute approximate surface area is 129 Å². The molecule has 0 spiro atoms. The Bertz CT molecular complexity index is 648. The number of nitrogens with one attached hydrogen (secondary N) is 3. The molecule has 0 atom stereocenters. The van der Waals surface area contributed by atoms with Gasteiger partial charge in [-0.05, 0) is 18.2 Å². The van der Waals surface area contributed by atoms with Crippen LogP contribution in [0.5, 0.6) is 0 Å². The standard InChI is InChI=1S/C15H21N5O2/c1-16-14(21)11-2-3-12-13(10-11)19-15(18-12)17-4-5-20-6-8-22-9-7-20/h2-3,10H,4-9H2,1H3,(H,16,21)(H2,17,18,19). The van der Waals surface area contributed by atoms with Gasteiger partial charge < -0.3 is 20.4 Å². The Balaban J connectivity index is 1.60. The van der Waals surface area contributed by atoms with Crippen molar-refractivity contribution in [3.8, 4) is 0 Å². The van der Waals surface area contributed by atoms with Crippen molar-refractivity contribution in [2.75, 3.05) is 51.8 Å². The molecule has 0 bridgehead atoms. The number of hydrogen-bond donors (Lipinski definition) is 3. The summed E-state index contributed by atoms with van der Waals surface area (Å²) in [6.45, 7) is 5.38. The van der Waals surface area contributed by atoms with Crippen molar-refractivity contribution in [2.24, 2.45) is 0 Å². The molecule has 1 aromatic heterocycles. The summed E-state index contributed by atoms with van der Waals surface area (Å²) >= 11 is 0. The maximum absolute atomic E-state index is 11.6. The van der Waals surface area contributed by atoms with E-state index in [1.165, 1.54) is 0 Å². The average molecular weight is 303 g/mol. The molecular formula is C15H21N5O2. The first-order valence-electron chi connectivity index (χ1n) is 7.52. The van der Waals surface area contributed by atoms with Crippen LogP contribution < -0.4 is 10.6 Å². The van der Waals surface area contributed by atoms with Crippen LogP contribution >= 0.6 is 0 Å². The normalized spacial score (nSPS) is 15.9. The molecule has 1 aliphatic heterocycles. The number of aromatic amines is 1. The van der Waals surface area contributed by atoms with Gasteiger partial charge in [-0.15, -0.1) is 0 Å². The van der Waals surface area contributed by atoms with E-state index in [4.69, 9.17) is 4.74 Å². The van der Waals surface area contributed by atoms with Crippen molar-refractivity contribution >= 4 is 22.9 Å². The highest BCUT2D eigenvalue weighted by Crippen LogP contribution is 2.16. The maximum Gasteiger partial charge on any atom is 0.251 e. The van der Waals surface area contributed by atoms with E-state index in [0.717, 1.165) is 56.4 Å². The lowest BCUT2D eigenvalue weighted by Gasteiger charge is -2.26. The third kappa shape index (κ3) is 3.37. The van der Waals surface area contributed by atoms with Crippen LogP contribution in [0.25, 0.3) is 11.0 Å². The van der Waals surface area contributed by atoms with Crippen LogP contribution in [0.2, 0.25) is 0 Å². The van der Waals surface area contributed by atoms with Crippen LogP contribution in [0.3, 0.4) is 0 Å². The topological polar surface area (TPSA) is 82.3 Å². The maximum atomic E-state index is 11.6. The molecule has 7 heteroatoms. The third-order valence-electron chi connectivity index (χ3n) is 3.80. The van der Waals surface area contributed by atoms with Gasteiger partial charge in [0.25, 0.3) is 5.91 Å². The minimum Gasteiger partial charge on any atom is -0.379 e. The zero-order valence-corrected chi connectivity index (χ0v) is 12.7. The number of benzene rings is 1. The SMILES string of the molecule is CNC(=O)c1ccc2nc(NCCN3CCOCC3)[nH]c2c1. The number of rotatable bonds is 5. The summed E-state index contributed by atoms with van der Waals surface area (Å²) in [6, 6.07) is 5.44. The molecule has 1 aromatic carbocycles. The number of morpholine rings is 1. The van der Waals surface area contributed by atoms with E-state index in [1.807, 2.05) is 12.1 Å². The summed E-state index contributed by atoms with van der Waals surface area (Å²) in [5, 5.41) is 5.91. The second-order valence-corrected chi connectivity index (χ2v) is 5.28. The van der Waals surface area contributed by atoms with E-state index in [9.17, 15) is 4.79 Å². The van der Waals surface area contributed by atoms with E-state index < -0.39 is 0 Å². The molecule has 1 saturated heterocycles. The fraction of sp³-hybridized carbons (Fsp3) is 0.467. The number of anilines is 1. The van der Waals surface area contributed by atoms with E-state index in [2.05, 4.69) is 25.5 Å². The summed E-state index contributed by atoms with van der Waals surface area (Å²) < 4.78 is 5.33. The molecule has 7 nitrogen and oxygen atoms in total. The number of imidazole rings is 1. The van der Waals surface area contributed by atoms with Gasteiger partial charge in [-0.1, -0.05) is 0 Å². The molecule has 2 heterocycles. The number of aromatic nitrogens is 2. The van der Waals surface area contributed by atoms with Gasteiger partial charge in [-0.2, -0.15) is 0 Å². The van der Waals surface area contributed by atoms with Crippen LogP contribution in [0, 0.1) is 0 Å². The summed E-state index contributed by atoms with van der Waals surface area (Å²) in [7, 11) is 1.62. The Morgan fingerprint density at radius 1 is 1.41 bits per heavy atom. The molecule has 0 radical (unpaired) electrons. The van der Waals surface area contributed by atoms with Gasteiger partial charge in [0.05, 0.1) is 24.2 Å². The van der Waals surface area contributed by atoms with E-state index in [1.54, 1.807) is 13.1 Å². The second kappa shape index (κ2) is 6.76. The fourth-order valence-corrected chi connectivity index (χ4v) is 2.54. The smallest absolute Gasteiger partial charge is 0.251 e. The Morgan fingerprint density at radius 3 is 3.00 bits per heavy atom. The van der Waals surface area contributed by atoms with Crippen molar-refractivity contribution in [1.82, 2.24) is 20.2 Å². The monoisotopic (exact) mass is 303 g/mol. The van der Waals surface area contributed by atoms with Crippen molar-refractivity contribution in [3.63, 3.8) is 0 Å². The van der Waals surface area contributed by atoms with Gasteiger partial charge >= 0.3 is 0 Å². The Kier molecular flexibility index (Phi) is 4.55. The van der Waals surface area contributed by atoms with Crippen molar-refractivity contribution < 1.29 is 9.53 Å². The van der Waals surface area contributed by atoms with Crippen molar-refractivity contribution in [2.45, 2.75) is 0 Å². The summed E-state index contributed by atoms with van der Waals surface area (Å²) in [5.41, 5.74) is 2.33. The lowest BCUT2D eigenvalue weighted by molar-refractivity contribution is 0.0398. The molecule has 118 valence electrons. The predicted octanol–water partition coefficient (Wildman–Crippen LogP) is 0.667. The second-order valence-electron chi connectivity index (χ2n) is 5.28. The number of hydrogen-bond acceptors (Lipinski definition) is 5. The molecule has 1 fully saturated rings. The van der Waals surface area contributed by atoms with Gasteiger partial charge in [0.1, 0.15) is 0 Å². The van der Waals surface area contributed by atoms with E-state index in [-0.39, 0.29) is 5.91 Å². The number of ether oxygens (including phenoxy) is 1. The zero-order valence-electron chi connectivity index (χ0n) is 12.7. The van der Waals surface area contributed by atoms with Crippen LogP contribution in [-0.4, -0.2) is 67.2 Å². The molecule has 2 aromatic rings. The number of carbonyl (C=O) groups excluding carboxylic acids is 1. The molecule has 1 aliphatic rings. The predicted molar refractivity (Wildman–Crippen MR) is 85.2 cm³/mol. The molecule has 3 rings (SSSR count). The molecule has 3 N–H and O–H groups in total.